The standard InChI is InChI=1S/C12H13N2P/c15-14-9-11-5-3-7-13(11)8-10-4-1-2-6-12(10)14/h1-7H,8-9,15H2. The summed E-state index contributed by atoms with van der Waals surface area (Å²) in [5, 5.41) is 0. The van der Waals surface area contributed by atoms with Gasteiger partial charge < -0.3 is 9.24 Å². The smallest absolute Gasteiger partial charge is 0.0615 e. The van der Waals surface area contributed by atoms with Gasteiger partial charge in [0.15, 0.2) is 0 Å². The van der Waals surface area contributed by atoms with E-state index in [-0.39, 0.29) is 0 Å². The summed E-state index contributed by atoms with van der Waals surface area (Å²) in [6, 6.07) is 12.9. The van der Waals surface area contributed by atoms with Crippen molar-refractivity contribution in [3.63, 3.8) is 0 Å². The molecule has 1 atom stereocenters. The first-order valence-electron chi connectivity index (χ1n) is 5.09. The number of fused-ring (bicyclic) bond motifs is 2. The lowest BCUT2D eigenvalue weighted by Crippen LogP contribution is -2.08. The second-order valence-electron chi connectivity index (χ2n) is 3.88. The molecule has 15 heavy (non-hydrogen) atoms. The van der Waals surface area contributed by atoms with Gasteiger partial charge in [-0.2, -0.15) is 0 Å². The van der Waals surface area contributed by atoms with Crippen LogP contribution in [0.15, 0.2) is 42.6 Å². The Hall–Kier alpha value is -1.27. The molecule has 1 aromatic carbocycles. The van der Waals surface area contributed by atoms with E-state index in [1.807, 2.05) is 0 Å². The molecule has 1 aromatic heterocycles. The molecule has 0 aliphatic carbocycles. The van der Waals surface area contributed by atoms with E-state index >= 15 is 0 Å². The number of nitrogens with zero attached hydrogens (tertiary/aromatic N) is 2. The highest BCUT2D eigenvalue weighted by Crippen LogP contribution is 2.29. The van der Waals surface area contributed by atoms with Crippen LogP contribution in [-0.4, -0.2) is 4.57 Å². The van der Waals surface area contributed by atoms with Crippen LogP contribution in [0, 0.1) is 0 Å². The van der Waals surface area contributed by atoms with Crippen molar-refractivity contribution in [2.45, 2.75) is 13.1 Å². The zero-order valence-corrected chi connectivity index (χ0v) is 9.58. The average molecular weight is 216 g/mol. The van der Waals surface area contributed by atoms with E-state index < -0.39 is 0 Å². The number of rotatable bonds is 0. The Labute approximate surface area is 91.8 Å². The summed E-state index contributed by atoms with van der Waals surface area (Å²) in [5.74, 6) is 0. The van der Waals surface area contributed by atoms with Crippen LogP contribution in [-0.2, 0) is 13.1 Å². The molecule has 76 valence electrons. The van der Waals surface area contributed by atoms with Crippen molar-refractivity contribution < 1.29 is 0 Å². The highest BCUT2D eigenvalue weighted by molar-refractivity contribution is 7.19. The minimum absolute atomic E-state index is 0.953. The van der Waals surface area contributed by atoms with Gasteiger partial charge in [0, 0.05) is 24.1 Å². The van der Waals surface area contributed by atoms with Gasteiger partial charge in [-0.1, -0.05) is 18.2 Å². The third kappa shape index (κ3) is 1.46. The molecule has 3 rings (SSSR count). The van der Waals surface area contributed by atoms with Crippen molar-refractivity contribution >= 4 is 15.1 Å². The Balaban J connectivity index is 2.14. The zero-order chi connectivity index (χ0) is 10.3. The first kappa shape index (κ1) is 8.99. The summed E-state index contributed by atoms with van der Waals surface area (Å²) < 4.78 is 4.54. The Morgan fingerprint density at radius 1 is 1.00 bits per heavy atom. The van der Waals surface area contributed by atoms with Crippen molar-refractivity contribution in [2.75, 3.05) is 4.67 Å². The van der Waals surface area contributed by atoms with Gasteiger partial charge in [-0.05, 0) is 33.2 Å². The van der Waals surface area contributed by atoms with E-state index in [2.05, 4.69) is 61.2 Å². The maximum absolute atomic E-state index is 2.80. The fourth-order valence-electron chi connectivity index (χ4n) is 2.12. The predicted octanol–water partition coefficient (Wildman–Crippen LogP) is 2.65. The summed E-state index contributed by atoms with van der Waals surface area (Å²) in [6.45, 7) is 1.93. The van der Waals surface area contributed by atoms with Gasteiger partial charge in [0.05, 0.1) is 6.54 Å². The molecule has 1 unspecified atom stereocenters. The minimum atomic E-state index is 0.953. The lowest BCUT2D eigenvalue weighted by atomic mass is 10.2. The second kappa shape index (κ2) is 3.39. The van der Waals surface area contributed by atoms with Crippen molar-refractivity contribution in [3.8, 4) is 0 Å². The number of hydrogen-bond acceptors (Lipinski definition) is 1. The number of para-hydroxylation sites is 1. The molecule has 3 heteroatoms. The topological polar surface area (TPSA) is 8.17 Å². The number of hydrogen-bond donors (Lipinski definition) is 0. The average Bonchev–Trinajstić information content (AvgIpc) is 2.61. The van der Waals surface area contributed by atoms with Crippen molar-refractivity contribution in [1.29, 1.82) is 0 Å². The van der Waals surface area contributed by atoms with E-state index in [1.54, 1.807) is 0 Å². The molecule has 0 saturated heterocycles. The molecule has 0 saturated carbocycles. The molecular formula is C12H13N2P. The molecule has 1 aliphatic heterocycles. The molecule has 0 bridgehead atoms. The maximum Gasteiger partial charge on any atom is 0.0615 e. The van der Waals surface area contributed by atoms with Crippen LogP contribution in [0.5, 0.6) is 0 Å². The lowest BCUT2D eigenvalue weighted by Gasteiger charge is -2.17. The molecule has 0 spiro atoms. The first-order chi connectivity index (χ1) is 7.34. The Morgan fingerprint density at radius 3 is 2.80 bits per heavy atom. The van der Waals surface area contributed by atoms with Crippen LogP contribution in [0.4, 0.5) is 5.69 Å². The van der Waals surface area contributed by atoms with Crippen LogP contribution in [0.2, 0.25) is 0 Å². The highest BCUT2D eigenvalue weighted by Gasteiger charge is 2.14. The Kier molecular flexibility index (Phi) is 2.03. The van der Waals surface area contributed by atoms with Gasteiger partial charge in [0.1, 0.15) is 0 Å². The molecule has 0 radical (unpaired) electrons. The van der Waals surface area contributed by atoms with Crippen molar-refractivity contribution in [3.05, 3.63) is 53.9 Å². The monoisotopic (exact) mass is 216 g/mol. The molecule has 1 aliphatic rings. The molecule has 2 heterocycles. The summed E-state index contributed by atoms with van der Waals surface area (Å²) in [4.78, 5) is 0. The van der Waals surface area contributed by atoms with Crippen LogP contribution in [0.1, 0.15) is 11.3 Å². The number of anilines is 1. The third-order valence-corrected chi connectivity index (χ3v) is 3.36. The van der Waals surface area contributed by atoms with E-state index in [0.29, 0.717) is 0 Å². The minimum Gasteiger partial charge on any atom is -0.350 e. The normalized spacial score (nSPS) is 14.3. The van der Waals surface area contributed by atoms with Crippen LogP contribution in [0.3, 0.4) is 0 Å². The fourth-order valence-corrected chi connectivity index (χ4v) is 2.55. The second-order valence-corrected chi connectivity index (χ2v) is 4.51. The van der Waals surface area contributed by atoms with Crippen molar-refractivity contribution in [2.24, 2.45) is 0 Å². The SMILES string of the molecule is PN1Cc2cccn2Cc2ccccc21. The first-order valence-corrected chi connectivity index (χ1v) is 5.60. The van der Waals surface area contributed by atoms with Gasteiger partial charge >= 0.3 is 0 Å². The fraction of sp³-hybridized carbons (Fsp3) is 0.167. The van der Waals surface area contributed by atoms with E-state index in [9.17, 15) is 0 Å². The lowest BCUT2D eigenvalue weighted by molar-refractivity contribution is 0.768. The van der Waals surface area contributed by atoms with E-state index in [0.717, 1.165) is 13.1 Å². The van der Waals surface area contributed by atoms with Gasteiger partial charge in [-0.25, -0.2) is 0 Å². The molecule has 0 fully saturated rings. The summed E-state index contributed by atoms with van der Waals surface area (Å²) in [7, 11) is 2.80. The van der Waals surface area contributed by atoms with E-state index in [1.165, 1.54) is 16.9 Å². The summed E-state index contributed by atoms with van der Waals surface area (Å²) in [6.07, 6.45) is 2.15. The molecule has 2 aromatic rings. The number of aromatic nitrogens is 1. The van der Waals surface area contributed by atoms with Crippen molar-refractivity contribution in [1.82, 2.24) is 4.57 Å². The summed E-state index contributed by atoms with van der Waals surface area (Å²) >= 11 is 0. The predicted molar refractivity (Wildman–Crippen MR) is 65.9 cm³/mol. The van der Waals surface area contributed by atoms with Gasteiger partial charge in [-0.3, -0.25) is 0 Å². The maximum atomic E-state index is 2.80. The van der Waals surface area contributed by atoms with Gasteiger partial charge in [0.2, 0.25) is 0 Å². The van der Waals surface area contributed by atoms with Crippen LogP contribution < -0.4 is 4.67 Å². The Bertz CT molecular complexity index is 490. The van der Waals surface area contributed by atoms with Gasteiger partial charge in [0.25, 0.3) is 0 Å². The molecule has 0 amide bonds. The Morgan fingerprint density at radius 2 is 1.87 bits per heavy atom. The largest absolute Gasteiger partial charge is 0.350 e. The molecule has 0 N–H and O–H groups in total. The number of benzene rings is 1. The molecule has 2 nitrogen and oxygen atoms in total. The zero-order valence-electron chi connectivity index (χ0n) is 8.43. The highest BCUT2D eigenvalue weighted by atomic mass is 31.0. The van der Waals surface area contributed by atoms with Gasteiger partial charge in [-0.15, -0.1) is 0 Å². The van der Waals surface area contributed by atoms with Crippen LogP contribution in [0.25, 0.3) is 0 Å². The summed E-state index contributed by atoms with van der Waals surface area (Å²) in [5.41, 5.74) is 4.05. The van der Waals surface area contributed by atoms with Crippen LogP contribution >= 0.6 is 9.39 Å². The molecular weight excluding hydrogens is 203 g/mol. The third-order valence-electron chi connectivity index (χ3n) is 2.90. The quantitative estimate of drug-likeness (QED) is 0.614. The van der Waals surface area contributed by atoms with E-state index in [4.69, 9.17) is 0 Å².